The third-order valence-electron chi connectivity index (χ3n) is 4.99. The number of nitro groups is 1. The number of benzene rings is 3. The monoisotopic (exact) mass is 493 g/mol. The van der Waals surface area contributed by atoms with E-state index in [1.54, 1.807) is 30.3 Å². The Bertz CT molecular complexity index is 1390. The fourth-order valence-corrected chi connectivity index (χ4v) is 3.49. The molecule has 0 aromatic heterocycles. The van der Waals surface area contributed by atoms with Gasteiger partial charge in [-0.2, -0.15) is 0 Å². The number of carbonyl (C=O) groups excluding carboxylic acids is 3. The lowest BCUT2D eigenvalue weighted by Gasteiger charge is -2.14. The molecule has 176 valence electrons. The second kappa shape index (κ2) is 9.65. The number of non-ortho nitro benzene ring substituents is 1. The Kier molecular flexibility index (Phi) is 6.47. The lowest BCUT2D eigenvalue weighted by molar-refractivity contribution is -0.384. The van der Waals surface area contributed by atoms with Crippen molar-refractivity contribution in [3.63, 3.8) is 0 Å². The summed E-state index contributed by atoms with van der Waals surface area (Å²) in [4.78, 5) is 49.0. The number of amides is 2. The number of hydrogen-bond acceptors (Lipinski definition) is 7. The lowest BCUT2D eigenvalue weighted by Crippen LogP contribution is -2.35. The number of esters is 1. The van der Waals surface area contributed by atoms with Gasteiger partial charge in [-0.25, -0.2) is 9.80 Å². The fourth-order valence-electron chi connectivity index (χ4n) is 3.32. The van der Waals surface area contributed by atoms with Crippen LogP contribution in [0.4, 0.5) is 11.4 Å². The highest BCUT2D eigenvalue weighted by atomic mass is 35.5. The molecule has 1 aliphatic heterocycles. The topological polar surface area (TPSA) is 128 Å². The maximum atomic E-state index is 12.9. The van der Waals surface area contributed by atoms with Gasteiger partial charge in [0, 0.05) is 22.7 Å². The number of anilines is 1. The number of hydrazine groups is 1. The number of ether oxygens (including phenoxy) is 2. The van der Waals surface area contributed by atoms with Crippen LogP contribution in [0.5, 0.6) is 11.5 Å². The molecule has 11 heteroatoms. The van der Waals surface area contributed by atoms with E-state index in [0.717, 1.165) is 23.2 Å². The molecule has 3 aromatic carbocycles. The van der Waals surface area contributed by atoms with Crippen molar-refractivity contribution in [2.45, 2.75) is 0 Å². The molecule has 1 fully saturated rings. The molecule has 1 heterocycles. The molecule has 0 saturated carbocycles. The Labute approximate surface area is 203 Å². The highest BCUT2D eigenvalue weighted by Gasteiger charge is 2.35. The van der Waals surface area contributed by atoms with Gasteiger partial charge >= 0.3 is 5.97 Å². The first-order valence-corrected chi connectivity index (χ1v) is 10.4. The molecular formula is C24H16ClN3O7. The quantitative estimate of drug-likeness (QED) is 0.137. The number of rotatable bonds is 6. The summed E-state index contributed by atoms with van der Waals surface area (Å²) in [5, 5.41) is 12.6. The van der Waals surface area contributed by atoms with E-state index in [9.17, 15) is 24.5 Å². The van der Waals surface area contributed by atoms with Crippen molar-refractivity contribution >= 4 is 46.8 Å². The first-order valence-electron chi connectivity index (χ1n) is 10.0. The molecule has 0 aliphatic carbocycles. The van der Waals surface area contributed by atoms with E-state index in [1.807, 2.05) is 0 Å². The molecule has 10 nitrogen and oxygen atoms in total. The maximum absolute atomic E-state index is 12.9. The van der Waals surface area contributed by atoms with Crippen LogP contribution in [-0.2, 0) is 9.59 Å². The van der Waals surface area contributed by atoms with Gasteiger partial charge in [0.05, 0.1) is 17.7 Å². The Balaban J connectivity index is 1.73. The van der Waals surface area contributed by atoms with Crippen LogP contribution < -0.4 is 19.9 Å². The average molecular weight is 494 g/mol. The number of nitro benzene ring substituents is 1. The first kappa shape index (κ1) is 23.5. The number of methoxy groups -OCH3 is 1. The lowest BCUT2D eigenvalue weighted by atomic mass is 10.1. The SMILES string of the molecule is COc1ccc(Cl)cc1C(=O)Oc1ccc([N+](=O)[O-])cc1C=C1C(=O)NN(c2ccccc2)C1=O. The minimum absolute atomic E-state index is 0.0156. The van der Waals surface area contributed by atoms with E-state index in [4.69, 9.17) is 21.1 Å². The summed E-state index contributed by atoms with van der Waals surface area (Å²) in [5.74, 6) is -2.18. The van der Waals surface area contributed by atoms with Gasteiger partial charge in [-0.15, -0.1) is 0 Å². The van der Waals surface area contributed by atoms with E-state index < -0.39 is 22.7 Å². The van der Waals surface area contributed by atoms with Crippen LogP contribution in [0.15, 0.2) is 72.3 Å². The van der Waals surface area contributed by atoms with E-state index in [0.29, 0.717) is 5.69 Å². The largest absolute Gasteiger partial charge is 0.496 e. The maximum Gasteiger partial charge on any atom is 0.347 e. The highest BCUT2D eigenvalue weighted by Crippen LogP contribution is 2.31. The second-order valence-corrected chi connectivity index (χ2v) is 7.62. The van der Waals surface area contributed by atoms with Gasteiger partial charge < -0.3 is 9.47 Å². The molecule has 0 unspecified atom stereocenters. The van der Waals surface area contributed by atoms with Crippen molar-refractivity contribution in [3.8, 4) is 11.5 Å². The van der Waals surface area contributed by atoms with Gasteiger partial charge in [-0.1, -0.05) is 29.8 Å². The molecule has 0 spiro atoms. The van der Waals surface area contributed by atoms with E-state index >= 15 is 0 Å². The minimum atomic E-state index is -0.856. The summed E-state index contributed by atoms with van der Waals surface area (Å²) >= 11 is 5.98. The Hall–Kier alpha value is -4.70. The van der Waals surface area contributed by atoms with Gasteiger partial charge in [0.1, 0.15) is 22.6 Å². The van der Waals surface area contributed by atoms with Gasteiger partial charge in [0.25, 0.3) is 17.5 Å². The molecule has 3 aromatic rings. The summed E-state index contributed by atoms with van der Waals surface area (Å²) in [7, 11) is 1.37. The zero-order chi connectivity index (χ0) is 25.1. The van der Waals surface area contributed by atoms with Crippen LogP contribution >= 0.6 is 11.6 Å². The Morgan fingerprint density at radius 2 is 1.77 bits per heavy atom. The van der Waals surface area contributed by atoms with Crippen molar-refractivity contribution in [2.24, 2.45) is 0 Å². The third-order valence-corrected chi connectivity index (χ3v) is 5.23. The van der Waals surface area contributed by atoms with Gasteiger partial charge in [-0.3, -0.25) is 25.1 Å². The first-order chi connectivity index (χ1) is 16.8. The van der Waals surface area contributed by atoms with Gasteiger partial charge in [-0.05, 0) is 42.5 Å². The highest BCUT2D eigenvalue weighted by molar-refractivity contribution is 6.32. The van der Waals surface area contributed by atoms with E-state index in [1.165, 1.54) is 31.4 Å². The van der Waals surface area contributed by atoms with Crippen LogP contribution in [0.2, 0.25) is 5.02 Å². The van der Waals surface area contributed by atoms with E-state index in [-0.39, 0.29) is 38.9 Å². The van der Waals surface area contributed by atoms with Crippen LogP contribution in [0.25, 0.3) is 6.08 Å². The van der Waals surface area contributed by atoms with Gasteiger partial charge in [0.15, 0.2) is 0 Å². The molecule has 0 atom stereocenters. The van der Waals surface area contributed by atoms with Crippen molar-refractivity contribution in [3.05, 3.63) is 98.6 Å². The number of nitrogens with one attached hydrogen (secondary N) is 1. The number of halogens is 1. The van der Waals surface area contributed by atoms with Crippen LogP contribution in [0, 0.1) is 10.1 Å². The molecular weight excluding hydrogens is 478 g/mol. The smallest absolute Gasteiger partial charge is 0.347 e. The second-order valence-electron chi connectivity index (χ2n) is 7.19. The van der Waals surface area contributed by atoms with Crippen molar-refractivity contribution < 1.29 is 28.8 Å². The summed E-state index contributed by atoms with van der Waals surface area (Å²) in [5.41, 5.74) is 2.22. The normalized spacial score (nSPS) is 14.1. The van der Waals surface area contributed by atoms with Gasteiger partial charge in [0.2, 0.25) is 0 Å². The zero-order valence-electron chi connectivity index (χ0n) is 18.1. The van der Waals surface area contributed by atoms with Crippen LogP contribution in [-0.4, -0.2) is 29.8 Å². The molecule has 1 saturated heterocycles. The molecule has 0 bridgehead atoms. The number of hydrogen-bond donors (Lipinski definition) is 1. The fraction of sp³-hybridized carbons (Fsp3) is 0.0417. The van der Waals surface area contributed by atoms with Crippen molar-refractivity contribution in [2.75, 3.05) is 12.1 Å². The molecule has 1 N–H and O–H groups in total. The molecule has 4 rings (SSSR count). The summed E-state index contributed by atoms with van der Waals surface area (Å²) < 4.78 is 10.6. The predicted octanol–water partition coefficient (Wildman–Crippen LogP) is 3.94. The molecule has 35 heavy (non-hydrogen) atoms. The molecule has 2 amide bonds. The Morgan fingerprint density at radius 3 is 2.46 bits per heavy atom. The summed E-state index contributed by atoms with van der Waals surface area (Å²) in [6, 6.07) is 16.2. The Morgan fingerprint density at radius 1 is 1.06 bits per heavy atom. The number of carbonyl (C=O) groups is 3. The summed E-state index contributed by atoms with van der Waals surface area (Å²) in [6.07, 6.45) is 1.13. The number of nitrogens with zero attached hydrogens (tertiary/aromatic N) is 2. The third kappa shape index (κ3) is 4.82. The molecule has 1 aliphatic rings. The van der Waals surface area contributed by atoms with E-state index in [2.05, 4.69) is 5.43 Å². The van der Waals surface area contributed by atoms with Crippen molar-refractivity contribution in [1.29, 1.82) is 0 Å². The zero-order valence-corrected chi connectivity index (χ0v) is 18.8. The summed E-state index contributed by atoms with van der Waals surface area (Å²) in [6.45, 7) is 0. The minimum Gasteiger partial charge on any atom is -0.496 e. The van der Waals surface area contributed by atoms with Crippen LogP contribution in [0.1, 0.15) is 15.9 Å². The number of para-hydroxylation sites is 1. The average Bonchev–Trinajstić information content (AvgIpc) is 3.13. The van der Waals surface area contributed by atoms with Crippen LogP contribution in [0.3, 0.4) is 0 Å². The van der Waals surface area contributed by atoms with Crippen molar-refractivity contribution in [1.82, 2.24) is 5.43 Å². The standard InChI is InChI=1S/C24H16ClN3O7/c1-34-21-9-7-15(25)13-18(21)24(31)35-20-10-8-17(28(32)33)11-14(20)12-19-22(29)26-27(23(19)30)16-5-3-2-4-6-16/h2-13H,1H3,(H,26,29). The molecule has 0 radical (unpaired) electrons. The predicted molar refractivity (Wildman–Crippen MR) is 126 cm³/mol.